The summed E-state index contributed by atoms with van der Waals surface area (Å²) < 4.78 is 6.18. The summed E-state index contributed by atoms with van der Waals surface area (Å²) in [6.07, 6.45) is 3.37. The Morgan fingerprint density at radius 1 is 1.23 bits per heavy atom. The molecule has 0 N–H and O–H groups in total. The summed E-state index contributed by atoms with van der Waals surface area (Å²) in [5.74, 6) is 1.28. The number of hydrogen-bond acceptors (Lipinski definition) is 4. The number of rotatable bonds is 8. The van der Waals surface area contributed by atoms with Gasteiger partial charge in [0.25, 0.3) is 0 Å². The van der Waals surface area contributed by atoms with E-state index in [2.05, 4.69) is 11.4 Å². The molecule has 0 unspecified atom stereocenters. The first-order chi connectivity index (χ1) is 14.9. The topological polar surface area (TPSA) is 49.9 Å². The van der Waals surface area contributed by atoms with Crippen molar-refractivity contribution < 1.29 is 14.3 Å². The Kier molecular flexibility index (Phi) is 6.65. The maximum atomic E-state index is 13.4. The SMILES string of the molecule is Cc1ccccc1OC[C@H]1c2ccsc2CCN1C(=O)CN(C(=O)CC(C)C)C1CC1. The van der Waals surface area contributed by atoms with Gasteiger partial charge in [-0.05, 0) is 60.7 Å². The van der Waals surface area contributed by atoms with Gasteiger partial charge in [0.2, 0.25) is 11.8 Å². The molecule has 166 valence electrons. The van der Waals surface area contributed by atoms with E-state index in [1.54, 1.807) is 11.3 Å². The summed E-state index contributed by atoms with van der Waals surface area (Å²) in [6, 6.07) is 10.2. The highest BCUT2D eigenvalue weighted by Gasteiger charge is 2.37. The van der Waals surface area contributed by atoms with Crippen LogP contribution in [0.2, 0.25) is 0 Å². The molecule has 0 bridgehead atoms. The molecule has 2 aliphatic rings. The molecule has 0 saturated heterocycles. The fourth-order valence-electron chi connectivity index (χ4n) is 4.27. The van der Waals surface area contributed by atoms with Crippen LogP contribution in [0.5, 0.6) is 5.75 Å². The monoisotopic (exact) mass is 440 g/mol. The third-order valence-corrected chi connectivity index (χ3v) is 7.10. The molecule has 1 aromatic heterocycles. The van der Waals surface area contributed by atoms with Crippen LogP contribution in [-0.2, 0) is 16.0 Å². The summed E-state index contributed by atoms with van der Waals surface area (Å²) in [6.45, 7) is 7.40. The van der Waals surface area contributed by atoms with Gasteiger partial charge in [-0.2, -0.15) is 0 Å². The van der Waals surface area contributed by atoms with E-state index >= 15 is 0 Å². The summed E-state index contributed by atoms with van der Waals surface area (Å²) in [7, 11) is 0. The van der Waals surface area contributed by atoms with E-state index in [1.807, 2.05) is 54.8 Å². The van der Waals surface area contributed by atoms with Crippen molar-refractivity contribution in [1.29, 1.82) is 0 Å². The zero-order valence-corrected chi connectivity index (χ0v) is 19.5. The fourth-order valence-corrected chi connectivity index (χ4v) is 5.20. The second-order valence-electron chi connectivity index (χ2n) is 9.08. The average molecular weight is 441 g/mol. The van der Waals surface area contributed by atoms with Crippen molar-refractivity contribution in [3.63, 3.8) is 0 Å². The number of carbonyl (C=O) groups excluding carboxylic acids is 2. The molecule has 2 heterocycles. The van der Waals surface area contributed by atoms with E-state index in [9.17, 15) is 9.59 Å². The second kappa shape index (κ2) is 9.43. The third kappa shape index (κ3) is 5.12. The Morgan fingerprint density at radius 3 is 2.71 bits per heavy atom. The zero-order chi connectivity index (χ0) is 22.0. The number of nitrogens with zero attached hydrogens (tertiary/aromatic N) is 2. The molecule has 5 nitrogen and oxygen atoms in total. The first-order valence-corrected chi connectivity index (χ1v) is 12.2. The van der Waals surface area contributed by atoms with Crippen molar-refractivity contribution in [2.24, 2.45) is 5.92 Å². The minimum atomic E-state index is -0.122. The van der Waals surface area contributed by atoms with Crippen molar-refractivity contribution in [3.05, 3.63) is 51.7 Å². The molecule has 0 radical (unpaired) electrons. The summed E-state index contributed by atoms with van der Waals surface area (Å²) in [5, 5.41) is 2.10. The van der Waals surface area contributed by atoms with Crippen molar-refractivity contribution in [2.75, 3.05) is 19.7 Å². The number of aryl methyl sites for hydroxylation is 1. The van der Waals surface area contributed by atoms with Gasteiger partial charge >= 0.3 is 0 Å². The van der Waals surface area contributed by atoms with Gasteiger partial charge in [0.05, 0.1) is 6.04 Å². The lowest BCUT2D eigenvalue weighted by atomic mass is 10.00. The molecule has 6 heteroatoms. The number of para-hydroxylation sites is 1. The Balaban J connectivity index is 1.50. The number of ether oxygens (including phenoxy) is 1. The molecule has 1 aliphatic carbocycles. The quantitative estimate of drug-likeness (QED) is 0.603. The zero-order valence-electron chi connectivity index (χ0n) is 18.7. The molecule has 1 aromatic carbocycles. The summed E-state index contributed by atoms with van der Waals surface area (Å²) in [5.41, 5.74) is 2.27. The van der Waals surface area contributed by atoms with Gasteiger partial charge in [-0.15, -0.1) is 11.3 Å². The molecular weight excluding hydrogens is 408 g/mol. The Hall–Kier alpha value is -2.34. The molecule has 1 saturated carbocycles. The number of fused-ring (bicyclic) bond motifs is 1. The van der Waals surface area contributed by atoms with Crippen LogP contribution in [0.3, 0.4) is 0 Å². The van der Waals surface area contributed by atoms with Crippen molar-refractivity contribution >= 4 is 23.2 Å². The molecule has 31 heavy (non-hydrogen) atoms. The lowest BCUT2D eigenvalue weighted by Gasteiger charge is -2.37. The summed E-state index contributed by atoms with van der Waals surface area (Å²) in [4.78, 5) is 31.3. The lowest BCUT2D eigenvalue weighted by molar-refractivity contribution is -0.143. The fraction of sp³-hybridized carbons (Fsp3) is 0.520. The second-order valence-corrected chi connectivity index (χ2v) is 10.1. The van der Waals surface area contributed by atoms with Gasteiger partial charge < -0.3 is 14.5 Å². The number of benzene rings is 1. The van der Waals surface area contributed by atoms with E-state index in [4.69, 9.17) is 4.74 Å². The molecule has 1 aliphatic heterocycles. The highest BCUT2D eigenvalue weighted by Crippen LogP contribution is 2.35. The standard InChI is InChI=1S/C25H32N2O3S/c1-17(2)14-24(28)27(19-8-9-19)15-25(29)26-12-10-23-20(11-13-31-23)21(26)16-30-22-7-5-4-6-18(22)3/h4-7,11,13,17,19,21H,8-10,12,14-16H2,1-3H3/t21-/m0/s1. The lowest BCUT2D eigenvalue weighted by Crippen LogP contribution is -2.48. The molecular formula is C25H32N2O3S. The Morgan fingerprint density at radius 2 is 2.00 bits per heavy atom. The Labute approximate surface area is 189 Å². The van der Waals surface area contributed by atoms with Crippen LogP contribution in [0, 0.1) is 12.8 Å². The number of carbonyl (C=O) groups is 2. The van der Waals surface area contributed by atoms with E-state index in [0.717, 1.165) is 30.6 Å². The van der Waals surface area contributed by atoms with Gasteiger partial charge in [0.1, 0.15) is 18.9 Å². The van der Waals surface area contributed by atoms with Crippen molar-refractivity contribution in [2.45, 2.75) is 58.5 Å². The number of amides is 2. The van der Waals surface area contributed by atoms with E-state index in [1.165, 1.54) is 10.4 Å². The van der Waals surface area contributed by atoms with Crippen molar-refractivity contribution in [1.82, 2.24) is 9.80 Å². The predicted octanol–water partition coefficient (Wildman–Crippen LogP) is 4.60. The van der Waals surface area contributed by atoms with Gasteiger partial charge in [-0.25, -0.2) is 0 Å². The minimum absolute atomic E-state index is 0.0271. The molecule has 1 atom stereocenters. The van der Waals surface area contributed by atoms with Crippen LogP contribution in [0.1, 0.15) is 55.2 Å². The highest BCUT2D eigenvalue weighted by molar-refractivity contribution is 7.10. The predicted molar refractivity (Wildman–Crippen MR) is 123 cm³/mol. The summed E-state index contributed by atoms with van der Waals surface area (Å²) >= 11 is 1.75. The highest BCUT2D eigenvalue weighted by atomic mass is 32.1. The van der Waals surface area contributed by atoms with Crippen LogP contribution >= 0.6 is 11.3 Å². The smallest absolute Gasteiger partial charge is 0.242 e. The third-order valence-electron chi connectivity index (χ3n) is 6.10. The maximum absolute atomic E-state index is 13.4. The molecule has 4 rings (SSSR count). The van der Waals surface area contributed by atoms with Crippen LogP contribution in [0.25, 0.3) is 0 Å². The number of hydrogen-bond donors (Lipinski definition) is 0. The largest absolute Gasteiger partial charge is 0.491 e. The first kappa shape index (κ1) is 21.9. The normalized spacial score (nSPS) is 18.1. The molecule has 1 fully saturated rings. The van der Waals surface area contributed by atoms with Crippen LogP contribution < -0.4 is 4.74 Å². The van der Waals surface area contributed by atoms with E-state index < -0.39 is 0 Å². The first-order valence-electron chi connectivity index (χ1n) is 11.3. The average Bonchev–Trinajstić information content (AvgIpc) is 3.46. The van der Waals surface area contributed by atoms with Gasteiger partial charge in [-0.1, -0.05) is 32.0 Å². The molecule has 2 aromatic rings. The van der Waals surface area contributed by atoms with Crippen LogP contribution in [0.15, 0.2) is 35.7 Å². The maximum Gasteiger partial charge on any atom is 0.242 e. The van der Waals surface area contributed by atoms with Crippen molar-refractivity contribution in [3.8, 4) is 5.75 Å². The number of thiophene rings is 1. The minimum Gasteiger partial charge on any atom is -0.491 e. The van der Waals surface area contributed by atoms with E-state index in [0.29, 0.717) is 25.5 Å². The van der Waals surface area contributed by atoms with Crippen LogP contribution in [-0.4, -0.2) is 47.4 Å². The van der Waals surface area contributed by atoms with Gasteiger partial charge in [-0.3, -0.25) is 9.59 Å². The van der Waals surface area contributed by atoms with Gasteiger partial charge in [0, 0.05) is 23.9 Å². The van der Waals surface area contributed by atoms with Gasteiger partial charge in [0.15, 0.2) is 0 Å². The van der Waals surface area contributed by atoms with Crippen LogP contribution in [0.4, 0.5) is 0 Å². The Bertz CT molecular complexity index is 934. The molecule has 0 spiro atoms. The molecule has 2 amide bonds. The van der Waals surface area contributed by atoms with E-state index in [-0.39, 0.29) is 30.4 Å².